The minimum Gasteiger partial charge on any atom is -0.310 e. The van der Waals surface area contributed by atoms with Crippen molar-refractivity contribution < 1.29 is 0 Å². The molecule has 0 aliphatic heterocycles. The van der Waals surface area contributed by atoms with E-state index in [1.165, 1.54) is 130 Å². The van der Waals surface area contributed by atoms with Crippen molar-refractivity contribution in [1.29, 1.82) is 0 Å². The molecular weight excluding hydrogens is 759 g/mol. The smallest absolute Gasteiger partial charge is 0.0543 e. The van der Waals surface area contributed by atoms with Crippen molar-refractivity contribution >= 4 is 17.1 Å². The van der Waals surface area contributed by atoms with Gasteiger partial charge in [0.15, 0.2) is 0 Å². The summed E-state index contributed by atoms with van der Waals surface area (Å²) >= 11 is 0. The van der Waals surface area contributed by atoms with E-state index in [-0.39, 0.29) is 27.1 Å². The van der Waals surface area contributed by atoms with Crippen LogP contribution < -0.4 is 4.90 Å². The first-order chi connectivity index (χ1) is 30.1. The molecule has 0 N–H and O–H groups in total. The van der Waals surface area contributed by atoms with Crippen LogP contribution in [0.25, 0.3) is 33.4 Å². The summed E-state index contributed by atoms with van der Waals surface area (Å²) in [5.74, 6) is 3.22. The Hall–Kier alpha value is -4.88. The first-order valence-electron chi connectivity index (χ1n) is 24.7. The molecule has 63 heavy (non-hydrogen) atoms. The molecule has 0 heterocycles. The summed E-state index contributed by atoms with van der Waals surface area (Å²) in [5, 5.41) is 0. The predicted octanol–water partition coefficient (Wildman–Crippen LogP) is 16.9. The lowest BCUT2D eigenvalue weighted by Gasteiger charge is -2.61. The van der Waals surface area contributed by atoms with Gasteiger partial charge < -0.3 is 4.90 Å². The zero-order valence-electron chi connectivity index (χ0n) is 39.2. The third kappa shape index (κ3) is 5.86. The van der Waals surface area contributed by atoms with Gasteiger partial charge in [0.25, 0.3) is 0 Å². The monoisotopic (exact) mass is 826 g/mol. The second kappa shape index (κ2) is 13.6. The Kier molecular flexibility index (Phi) is 8.55. The maximum absolute atomic E-state index is 2.73. The Morgan fingerprint density at radius 3 is 1.52 bits per heavy atom. The molecule has 7 aliphatic carbocycles. The molecule has 4 bridgehead atoms. The molecule has 0 unspecified atom stereocenters. The summed E-state index contributed by atoms with van der Waals surface area (Å²) in [6.45, 7) is 19.6. The van der Waals surface area contributed by atoms with Crippen LogP contribution >= 0.6 is 0 Å². The van der Waals surface area contributed by atoms with Crippen LogP contribution in [0.3, 0.4) is 0 Å². The highest BCUT2D eigenvalue weighted by Gasteiger charge is 2.61. The van der Waals surface area contributed by atoms with Crippen LogP contribution in [0.1, 0.15) is 147 Å². The standard InChI is InChI=1S/C62H67N/c1-58(2)26-28-60(5,6)55-35-43(20-24-52(55)58)41-18-21-46(22-19-41)63(47-23-25-53-56(36-47)61(7,8)29-27-59(53,3)4)57-38-54-50(37-49(57)42-14-10-9-11-15-42)48-16-12-13-17-51(48)62(54)44-31-39-30-40(33-44)34-45(62)32-39/h9-25,35-40,44-45H,26-34H2,1-8H3. The number of nitrogens with zero attached hydrogens (tertiary/aromatic N) is 1. The van der Waals surface area contributed by atoms with Crippen LogP contribution in [0.2, 0.25) is 0 Å². The van der Waals surface area contributed by atoms with E-state index in [9.17, 15) is 0 Å². The minimum atomic E-state index is 0.0789. The van der Waals surface area contributed by atoms with Gasteiger partial charge in [-0.05, 0) is 201 Å². The average Bonchev–Trinajstić information content (AvgIpc) is 3.56. The second-order valence-electron chi connectivity index (χ2n) is 23.9. The van der Waals surface area contributed by atoms with E-state index in [0.717, 1.165) is 11.8 Å². The molecule has 0 amide bonds. The van der Waals surface area contributed by atoms with Crippen molar-refractivity contribution in [3.05, 3.63) is 161 Å². The van der Waals surface area contributed by atoms with Crippen LogP contribution in [-0.4, -0.2) is 0 Å². The van der Waals surface area contributed by atoms with Gasteiger partial charge in [-0.15, -0.1) is 0 Å². The van der Waals surface area contributed by atoms with Crippen molar-refractivity contribution in [1.82, 2.24) is 0 Å². The zero-order chi connectivity index (χ0) is 43.3. The Balaban J connectivity index is 1.09. The molecule has 4 saturated carbocycles. The maximum Gasteiger partial charge on any atom is 0.0543 e. The van der Waals surface area contributed by atoms with Gasteiger partial charge >= 0.3 is 0 Å². The topological polar surface area (TPSA) is 3.24 Å². The van der Waals surface area contributed by atoms with Crippen LogP contribution in [0, 0.1) is 23.7 Å². The van der Waals surface area contributed by atoms with E-state index in [2.05, 4.69) is 188 Å². The van der Waals surface area contributed by atoms with Gasteiger partial charge in [0.05, 0.1) is 5.69 Å². The Bertz CT molecular complexity index is 2770. The molecule has 0 aromatic heterocycles. The Morgan fingerprint density at radius 2 is 0.889 bits per heavy atom. The highest BCUT2D eigenvalue weighted by Crippen LogP contribution is 2.70. The van der Waals surface area contributed by atoms with Crippen LogP contribution in [0.5, 0.6) is 0 Å². The van der Waals surface area contributed by atoms with Crippen LogP contribution in [0.4, 0.5) is 17.1 Å². The lowest BCUT2D eigenvalue weighted by molar-refractivity contribution is -0.0399. The first-order valence-corrected chi connectivity index (χ1v) is 24.7. The van der Waals surface area contributed by atoms with Gasteiger partial charge in [-0.2, -0.15) is 0 Å². The fourth-order valence-corrected chi connectivity index (χ4v) is 14.9. The summed E-state index contributed by atoms with van der Waals surface area (Å²) in [5.41, 5.74) is 21.9. The molecule has 1 heteroatoms. The van der Waals surface area contributed by atoms with Crippen molar-refractivity contribution in [3.63, 3.8) is 0 Å². The van der Waals surface area contributed by atoms with Gasteiger partial charge in [-0.25, -0.2) is 0 Å². The Labute approximate surface area is 378 Å². The molecule has 1 nitrogen and oxygen atoms in total. The third-order valence-corrected chi connectivity index (χ3v) is 18.4. The minimum absolute atomic E-state index is 0.0789. The molecule has 0 radical (unpaired) electrons. The summed E-state index contributed by atoms with van der Waals surface area (Å²) in [6, 6.07) is 50.8. The summed E-state index contributed by atoms with van der Waals surface area (Å²) in [4.78, 5) is 2.66. The number of hydrogen-bond acceptors (Lipinski definition) is 1. The van der Waals surface area contributed by atoms with Crippen LogP contribution in [0.15, 0.2) is 127 Å². The highest BCUT2D eigenvalue weighted by molar-refractivity contribution is 5.95. The van der Waals surface area contributed by atoms with Gasteiger partial charge in [-0.1, -0.05) is 146 Å². The van der Waals surface area contributed by atoms with Gasteiger partial charge in [0.1, 0.15) is 0 Å². The first kappa shape index (κ1) is 39.7. The van der Waals surface area contributed by atoms with E-state index in [0.29, 0.717) is 11.8 Å². The second-order valence-corrected chi connectivity index (χ2v) is 23.9. The molecule has 0 atom stereocenters. The van der Waals surface area contributed by atoms with E-state index in [1.54, 1.807) is 11.1 Å². The van der Waals surface area contributed by atoms with Crippen LogP contribution in [-0.2, 0) is 27.1 Å². The van der Waals surface area contributed by atoms with Gasteiger partial charge in [0.2, 0.25) is 0 Å². The van der Waals surface area contributed by atoms with E-state index < -0.39 is 0 Å². The Morgan fingerprint density at radius 1 is 0.365 bits per heavy atom. The number of benzene rings is 6. The summed E-state index contributed by atoms with van der Waals surface area (Å²) in [6.07, 6.45) is 11.9. The number of anilines is 3. The molecule has 1 spiro atoms. The molecule has 0 saturated heterocycles. The SMILES string of the molecule is CC1(C)CCC(C)(C)c2cc(-c3ccc(N(c4ccc5c(c4)C(C)(C)CCC5(C)C)c4cc5c(cc4-c4ccccc4)-c4ccccc4C54C5CC6CC(C5)CC4C6)cc3)ccc21. The number of hydrogen-bond donors (Lipinski definition) is 0. The summed E-state index contributed by atoms with van der Waals surface area (Å²) < 4.78 is 0. The predicted molar refractivity (Wildman–Crippen MR) is 266 cm³/mol. The largest absolute Gasteiger partial charge is 0.310 e. The van der Waals surface area contributed by atoms with E-state index in [1.807, 2.05) is 0 Å². The fraction of sp³-hybridized carbons (Fsp3) is 0.419. The van der Waals surface area contributed by atoms with Crippen molar-refractivity contribution in [2.45, 2.75) is 140 Å². The van der Waals surface area contributed by atoms with Crippen molar-refractivity contribution in [3.8, 4) is 33.4 Å². The molecule has 6 aromatic carbocycles. The highest BCUT2D eigenvalue weighted by atomic mass is 15.1. The fourth-order valence-electron chi connectivity index (χ4n) is 14.9. The lowest BCUT2D eigenvalue weighted by atomic mass is 9.43. The lowest BCUT2D eigenvalue weighted by Crippen LogP contribution is -2.55. The molecule has 6 aromatic rings. The summed E-state index contributed by atoms with van der Waals surface area (Å²) in [7, 11) is 0. The zero-order valence-corrected chi connectivity index (χ0v) is 39.2. The molecule has 320 valence electrons. The number of rotatable bonds is 5. The van der Waals surface area contributed by atoms with Crippen molar-refractivity contribution in [2.24, 2.45) is 23.7 Å². The number of fused-ring (bicyclic) bond motifs is 5. The van der Waals surface area contributed by atoms with E-state index >= 15 is 0 Å². The molecule has 4 fully saturated rings. The normalized spacial score (nSPS) is 27.0. The van der Waals surface area contributed by atoms with Gasteiger partial charge in [0, 0.05) is 22.4 Å². The maximum atomic E-state index is 2.73. The quantitative estimate of drug-likeness (QED) is 0.167. The van der Waals surface area contributed by atoms with Crippen molar-refractivity contribution in [2.75, 3.05) is 4.90 Å². The van der Waals surface area contributed by atoms with Gasteiger partial charge in [-0.3, -0.25) is 0 Å². The van der Waals surface area contributed by atoms with E-state index in [4.69, 9.17) is 0 Å². The molecule has 7 aliphatic rings. The molecule has 13 rings (SSSR count). The molecular formula is C62H67N. The third-order valence-electron chi connectivity index (χ3n) is 18.4. The average molecular weight is 826 g/mol.